The van der Waals surface area contributed by atoms with Crippen molar-refractivity contribution in [2.45, 2.75) is 58.9 Å². The highest BCUT2D eigenvalue weighted by atomic mass is 16.5. The van der Waals surface area contributed by atoms with Gasteiger partial charge in [-0.25, -0.2) is 0 Å². The van der Waals surface area contributed by atoms with Gasteiger partial charge in [-0.3, -0.25) is 14.5 Å². The molecule has 3 rings (SSSR count). The van der Waals surface area contributed by atoms with E-state index >= 15 is 0 Å². The van der Waals surface area contributed by atoms with Gasteiger partial charge in [0, 0.05) is 32.0 Å². The lowest BCUT2D eigenvalue weighted by atomic mass is 9.74. The molecule has 2 heterocycles. The maximum Gasteiger partial charge on any atom is 0.306 e. The Kier molecular flexibility index (Phi) is 8.63. The minimum atomic E-state index is -0.886. The average molecular weight is 462 g/mol. The Morgan fingerprint density at radius 3 is 2.42 bits per heavy atom. The van der Waals surface area contributed by atoms with Crippen LogP contribution in [0.2, 0.25) is 0 Å². The number of aliphatic carboxylic acids is 1. The summed E-state index contributed by atoms with van der Waals surface area (Å²) in [5.74, 6) is 1.40. The molecular formula is C26H39NO6. The predicted octanol–water partition coefficient (Wildman–Crippen LogP) is 4.33. The van der Waals surface area contributed by atoms with Crippen LogP contribution in [0.1, 0.15) is 63.6 Å². The highest BCUT2D eigenvalue weighted by molar-refractivity contribution is 5.72. The predicted molar refractivity (Wildman–Crippen MR) is 126 cm³/mol. The number of nitrogens with zero attached hydrogens (tertiary/aromatic N) is 1. The Hall–Kier alpha value is -2.28. The maximum atomic E-state index is 12.4. The molecule has 1 saturated heterocycles. The molecule has 1 aromatic rings. The van der Waals surface area contributed by atoms with E-state index in [0.717, 1.165) is 43.9 Å². The van der Waals surface area contributed by atoms with Gasteiger partial charge < -0.3 is 19.3 Å². The number of esters is 1. The molecule has 1 unspecified atom stereocenters. The van der Waals surface area contributed by atoms with Crippen LogP contribution in [-0.2, 0) is 20.7 Å². The van der Waals surface area contributed by atoms with Crippen molar-refractivity contribution in [1.82, 2.24) is 4.90 Å². The summed E-state index contributed by atoms with van der Waals surface area (Å²) in [7, 11) is 3.33. The standard InChI is InChI=1S/C26H39NO6/c1-16(2)8-19-14-27-7-6-18-12-23(31-4)24(32-5)13-21(18)22(27)11-20(19)15-33-26(30)10-17(3)9-25(28)29/h12-13,16-17,19-20,22H,6-11,14-15H2,1-5H3,(H,28,29)/t17?,19-,20+,22-/m1/s1. The number of hydrogen-bond donors (Lipinski definition) is 1. The lowest BCUT2D eigenvalue weighted by Gasteiger charge is -2.47. The molecule has 0 aliphatic carbocycles. The number of methoxy groups -OCH3 is 2. The van der Waals surface area contributed by atoms with Gasteiger partial charge in [-0.2, -0.15) is 0 Å². The number of carbonyl (C=O) groups is 2. The summed E-state index contributed by atoms with van der Waals surface area (Å²) >= 11 is 0. The smallest absolute Gasteiger partial charge is 0.306 e. The monoisotopic (exact) mass is 461 g/mol. The highest BCUT2D eigenvalue weighted by Crippen LogP contribution is 2.45. The van der Waals surface area contributed by atoms with Gasteiger partial charge in [0.1, 0.15) is 0 Å². The molecule has 1 aromatic carbocycles. The van der Waals surface area contributed by atoms with Gasteiger partial charge >= 0.3 is 11.9 Å². The number of carboxylic acid groups (broad SMARTS) is 1. The first kappa shape index (κ1) is 25.3. The Bertz CT molecular complexity index is 838. The average Bonchev–Trinajstić information content (AvgIpc) is 2.75. The van der Waals surface area contributed by atoms with Crippen LogP contribution < -0.4 is 9.47 Å². The minimum Gasteiger partial charge on any atom is -0.493 e. The second-order valence-corrected chi connectivity index (χ2v) is 10.1. The molecule has 33 heavy (non-hydrogen) atoms. The van der Waals surface area contributed by atoms with Crippen molar-refractivity contribution < 1.29 is 28.9 Å². The Morgan fingerprint density at radius 2 is 1.79 bits per heavy atom. The number of carbonyl (C=O) groups excluding carboxylic acids is 1. The molecule has 0 aromatic heterocycles. The van der Waals surface area contributed by atoms with Crippen molar-refractivity contribution in [3.63, 3.8) is 0 Å². The summed E-state index contributed by atoms with van der Waals surface area (Å²) in [6.45, 7) is 8.66. The number of piperidine rings is 1. The third-order valence-corrected chi connectivity index (χ3v) is 7.05. The van der Waals surface area contributed by atoms with Gasteiger partial charge in [0.2, 0.25) is 0 Å². The number of rotatable bonds is 10. The van der Waals surface area contributed by atoms with E-state index in [2.05, 4.69) is 30.9 Å². The second kappa shape index (κ2) is 11.2. The van der Waals surface area contributed by atoms with E-state index in [1.165, 1.54) is 11.1 Å². The van der Waals surface area contributed by atoms with Crippen molar-refractivity contribution in [1.29, 1.82) is 0 Å². The molecule has 0 saturated carbocycles. The zero-order valence-electron chi connectivity index (χ0n) is 20.6. The largest absolute Gasteiger partial charge is 0.493 e. The normalized spacial score (nSPS) is 23.4. The van der Waals surface area contributed by atoms with Crippen LogP contribution >= 0.6 is 0 Å². The topological polar surface area (TPSA) is 85.3 Å². The summed E-state index contributed by atoms with van der Waals surface area (Å²) in [6.07, 6.45) is 3.13. The summed E-state index contributed by atoms with van der Waals surface area (Å²) in [5.41, 5.74) is 2.59. The number of ether oxygens (including phenoxy) is 3. The van der Waals surface area contributed by atoms with Gasteiger partial charge in [-0.15, -0.1) is 0 Å². The van der Waals surface area contributed by atoms with Gasteiger partial charge in [-0.05, 0) is 66.2 Å². The third kappa shape index (κ3) is 6.40. The number of fused-ring (bicyclic) bond motifs is 3. The molecule has 2 aliphatic rings. The fourth-order valence-corrected chi connectivity index (χ4v) is 5.49. The van der Waals surface area contributed by atoms with Gasteiger partial charge in [-0.1, -0.05) is 20.8 Å². The number of benzene rings is 1. The highest BCUT2D eigenvalue weighted by Gasteiger charge is 2.40. The second-order valence-electron chi connectivity index (χ2n) is 10.1. The maximum absolute atomic E-state index is 12.4. The zero-order valence-corrected chi connectivity index (χ0v) is 20.6. The molecule has 4 atom stereocenters. The van der Waals surface area contributed by atoms with Crippen molar-refractivity contribution in [2.24, 2.45) is 23.7 Å². The van der Waals surface area contributed by atoms with Gasteiger partial charge in [0.15, 0.2) is 11.5 Å². The summed E-state index contributed by atoms with van der Waals surface area (Å²) in [6, 6.07) is 4.49. The molecule has 0 amide bonds. The zero-order chi connectivity index (χ0) is 24.1. The van der Waals surface area contributed by atoms with E-state index < -0.39 is 5.97 Å². The molecular weight excluding hydrogens is 422 g/mol. The molecule has 7 heteroatoms. The molecule has 184 valence electrons. The first-order chi connectivity index (χ1) is 15.7. The van der Waals surface area contributed by atoms with Crippen LogP contribution in [0.5, 0.6) is 11.5 Å². The SMILES string of the molecule is COc1cc2c(cc1OC)[C@H]1C[C@@H](COC(=O)CC(C)CC(=O)O)[C@H](CC(C)C)CN1CC2. The van der Waals surface area contributed by atoms with E-state index in [1.54, 1.807) is 21.1 Å². The van der Waals surface area contributed by atoms with Crippen LogP contribution in [0.25, 0.3) is 0 Å². The van der Waals surface area contributed by atoms with E-state index in [4.69, 9.17) is 19.3 Å². The third-order valence-electron chi connectivity index (χ3n) is 7.05. The van der Waals surface area contributed by atoms with Gasteiger partial charge in [0.25, 0.3) is 0 Å². The number of hydrogen-bond acceptors (Lipinski definition) is 6. The molecule has 0 bridgehead atoms. The van der Waals surface area contributed by atoms with Crippen molar-refractivity contribution in [3.05, 3.63) is 23.3 Å². The van der Waals surface area contributed by atoms with Crippen LogP contribution in [-0.4, -0.2) is 55.9 Å². The van der Waals surface area contributed by atoms with E-state index in [-0.39, 0.29) is 36.7 Å². The molecule has 1 N–H and O–H groups in total. The van der Waals surface area contributed by atoms with Crippen LogP contribution in [0, 0.1) is 23.7 Å². The van der Waals surface area contributed by atoms with E-state index in [9.17, 15) is 9.59 Å². The lowest BCUT2D eigenvalue weighted by molar-refractivity contribution is -0.148. The Morgan fingerprint density at radius 1 is 1.09 bits per heavy atom. The summed E-state index contributed by atoms with van der Waals surface area (Å²) < 4.78 is 16.8. The van der Waals surface area contributed by atoms with E-state index in [1.807, 2.05) is 0 Å². The summed E-state index contributed by atoms with van der Waals surface area (Å²) in [4.78, 5) is 25.9. The molecule has 2 aliphatic heterocycles. The van der Waals surface area contributed by atoms with Crippen molar-refractivity contribution in [2.75, 3.05) is 33.9 Å². The first-order valence-corrected chi connectivity index (χ1v) is 12.1. The fourth-order valence-electron chi connectivity index (χ4n) is 5.49. The Balaban J connectivity index is 1.74. The minimum absolute atomic E-state index is 0.0202. The van der Waals surface area contributed by atoms with Crippen LogP contribution in [0.4, 0.5) is 0 Å². The van der Waals surface area contributed by atoms with Gasteiger partial charge in [0.05, 0.1) is 20.8 Å². The Labute approximate surface area is 197 Å². The molecule has 1 fully saturated rings. The van der Waals surface area contributed by atoms with E-state index in [0.29, 0.717) is 18.4 Å². The molecule has 0 spiro atoms. The van der Waals surface area contributed by atoms with Crippen LogP contribution in [0.15, 0.2) is 12.1 Å². The summed E-state index contributed by atoms with van der Waals surface area (Å²) in [5, 5.41) is 8.94. The lowest BCUT2D eigenvalue weighted by Crippen LogP contribution is -2.47. The quantitative estimate of drug-likeness (QED) is 0.519. The fraction of sp³-hybridized carbons (Fsp3) is 0.692. The number of carboxylic acids is 1. The van der Waals surface area contributed by atoms with Crippen LogP contribution in [0.3, 0.4) is 0 Å². The molecule has 0 radical (unpaired) electrons. The van der Waals surface area contributed by atoms with Crippen molar-refractivity contribution in [3.8, 4) is 11.5 Å². The van der Waals surface area contributed by atoms with Crippen molar-refractivity contribution >= 4 is 11.9 Å². The molecule has 7 nitrogen and oxygen atoms in total. The first-order valence-electron chi connectivity index (χ1n) is 12.1.